The van der Waals surface area contributed by atoms with E-state index < -0.39 is 0 Å². The molecular formula is C29H40N2O3. The van der Waals surface area contributed by atoms with E-state index in [1.54, 1.807) is 12.1 Å². The molecule has 0 fully saturated rings. The molecule has 0 aliphatic heterocycles. The Balaban J connectivity index is 2.21. The lowest BCUT2D eigenvalue weighted by Gasteiger charge is -2.14. The van der Waals surface area contributed by atoms with Gasteiger partial charge >= 0.3 is 0 Å². The van der Waals surface area contributed by atoms with Crippen LogP contribution in [0.3, 0.4) is 0 Å². The average molecular weight is 465 g/mol. The van der Waals surface area contributed by atoms with Gasteiger partial charge in [0.05, 0.1) is 5.52 Å². The van der Waals surface area contributed by atoms with E-state index in [4.69, 9.17) is 15.2 Å². The maximum absolute atomic E-state index is 12.8. The minimum Gasteiger partial charge on any atom is -0.485 e. The van der Waals surface area contributed by atoms with Crippen LogP contribution in [0.2, 0.25) is 0 Å². The summed E-state index contributed by atoms with van der Waals surface area (Å²) in [6, 6.07) is 5.39. The SMILES string of the molecule is CC(C)=CCCC(C)=CCOc1c(OCC=C(C)CCC=C(C)C)c2ccc(N)cc2[nH]c1=O. The third kappa shape index (κ3) is 8.97. The molecule has 0 saturated heterocycles. The Kier molecular flexibility index (Phi) is 10.7. The van der Waals surface area contributed by atoms with E-state index in [2.05, 4.69) is 64.8 Å². The molecule has 0 amide bonds. The number of anilines is 1. The maximum Gasteiger partial charge on any atom is 0.294 e. The van der Waals surface area contributed by atoms with Gasteiger partial charge in [0.1, 0.15) is 13.2 Å². The molecule has 184 valence electrons. The van der Waals surface area contributed by atoms with Crippen LogP contribution in [0.5, 0.6) is 11.5 Å². The second kappa shape index (κ2) is 13.5. The normalized spacial score (nSPS) is 11.9. The average Bonchev–Trinajstić information content (AvgIpc) is 2.74. The number of allylic oxidation sites excluding steroid dienone is 6. The molecule has 1 heterocycles. The largest absolute Gasteiger partial charge is 0.485 e. The zero-order valence-corrected chi connectivity index (χ0v) is 21.6. The quantitative estimate of drug-likeness (QED) is 0.256. The topological polar surface area (TPSA) is 77.3 Å². The number of fused-ring (bicyclic) bond motifs is 1. The van der Waals surface area contributed by atoms with Gasteiger partial charge in [-0.2, -0.15) is 0 Å². The molecule has 0 aliphatic rings. The van der Waals surface area contributed by atoms with E-state index in [0.717, 1.165) is 31.1 Å². The Hall–Kier alpha value is -3.21. The predicted octanol–water partition coefficient (Wildman–Crippen LogP) is 7.25. The highest BCUT2D eigenvalue weighted by Gasteiger charge is 2.15. The van der Waals surface area contributed by atoms with Crippen molar-refractivity contribution in [1.29, 1.82) is 0 Å². The van der Waals surface area contributed by atoms with Crippen LogP contribution in [0.15, 0.2) is 69.6 Å². The molecule has 0 spiro atoms. The van der Waals surface area contributed by atoms with Crippen LogP contribution in [-0.4, -0.2) is 18.2 Å². The van der Waals surface area contributed by atoms with E-state index in [-0.39, 0.29) is 11.3 Å². The summed E-state index contributed by atoms with van der Waals surface area (Å²) in [6.07, 6.45) is 12.5. The second-order valence-electron chi connectivity index (χ2n) is 9.28. The Morgan fingerprint density at radius 1 is 0.824 bits per heavy atom. The highest BCUT2D eigenvalue weighted by molar-refractivity contribution is 5.89. The summed E-state index contributed by atoms with van der Waals surface area (Å²) in [7, 11) is 0. The molecule has 0 bridgehead atoms. The number of pyridine rings is 1. The lowest BCUT2D eigenvalue weighted by atomic mass is 10.1. The molecule has 3 N–H and O–H groups in total. The first kappa shape index (κ1) is 27.0. The van der Waals surface area contributed by atoms with Gasteiger partial charge in [0, 0.05) is 11.1 Å². The Bertz CT molecular complexity index is 1140. The van der Waals surface area contributed by atoms with Gasteiger partial charge in [-0.1, -0.05) is 34.4 Å². The molecule has 34 heavy (non-hydrogen) atoms. The summed E-state index contributed by atoms with van der Waals surface area (Å²) in [5.41, 5.74) is 11.9. The summed E-state index contributed by atoms with van der Waals surface area (Å²) < 4.78 is 12.0. The van der Waals surface area contributed by atoms with Crippen molar-refractivity contribution in [2.75, 3.05) is 18.9 Å². The van der Waals surface area contributed by atoms with E-state index in [9.17, 15) is 4.79 Å². The fourth-order valence-corrected chi connectivity index (χ4v) is 3.46. The van der Waals surface area contributed by atoms with Gasteiger partial charge in [-0.15, -0.1) is 0 Å². The van der Waals surface area contributed by atoms with Crippen molar-refractivity contribution in [3.05, 3.63) is 75.1 Å². The van der Waals surface area contributed by atoms with Crippen LogP contribution in [0.1, 0.15) is 67.2 Å². The van der Waals surface area contributed by atoms with Crippen LogP contribution in [0.4, 0.5) is 5.69 Å². The van der Waals surface area contributed by atoms with Crippen LogP contribution in [-0.2, 0) is 0 Å². The predicted molar refractivity (Wildman–Crippen MR) is 145 cm³/mol. The van der Waals surface area contributed by atoms with Gasteiger partial charge in [0.25, 0.3) is 5.56 Å². The van der Waals surface area contributed by atoms with Crippen molar-refractivity contribution in [2.24, 2.45) is 0 Å². The molecular weight excluding hydrogens is 424 g/mol. The molecule has 0 radical (unpaired) electrons. The number of nitrogen functional groups attached to an aromatic ring is 1. The Morgan fingerprint density at radius 3 is 1.88 bits per heavy atom. The van der Waals surface area contributed by atoms with Crippen molar-refractivity contribution in [3.8, 4) is 11.5 Å². The molecule has 1 aromatic carbocycles. The molecule has 0 saturated carbocycles. The van der Waals surface area contributed by atoms with Gasteiger partial charge in [-0.25, -0.2) is 0 Å². The number of benzene rings is 1. The molecule has 2 rings (SSSR count). The van der Waals surface area contributed by atoms with Gasteiger partial charge in [0.2, 0.25) is 5.75 Å². The number of aromatic nitrogens is 1. The molecule has 5 nitrogen and oxygen atoms in total. The highest BCUT2D eigenvalue weighted by atomic mass is 16.5. The smallest absolute Gasteiger partial charge is 0.294 e. The highest BCUT2D eigenvalue weighted by Crippen LogP contribution is 2.32. The van der Waals surface area contributed by atoms with Crippen LogP contribution in [0, 0.1) is 0 Å². The fourth-order valence-electron chi connectivity index (χ4n) is 3.46. The zero-order valence-electron chi connectivity index (χ0n) is 21.6. The number of hydrogen-bond acceptors (Lipinski definition) is 4. The van der Waals surface area contributed by atoms with E-state index in [0.29, 0.717) is 30.2 Å². The number of aromatic amines is 1. The van der Waals surface area contributed by atoms with Crippen molar-refractivity contribution < 1.29 is 9.47 Å². The van der Waals surface area contributed by atoms with Crippen molar-refractivity contribution in [1.82, 2.24) is 4.98 Å². The standard InChI is InChI=1S/C29H40N2O3/c1-20(2)9-7-11-22(5)15-17-33-27-25-14-13-24(30)19-26(25)31-29(32)28(27)34-18-16-23(6)12-8-10-21(3)4/h9-10,13-16,19H,7-8,11-12,17-18,30H2,1-6H3,(H,31,32). The third-order valence-electron chi connectivity index (χ3n) is 5.45. The first-order valence-electron chi connectivity index (χ1n) is 12.0. The van der Waals surface area contributed by atoms with Crippen LogP contribution >= 0.6 is 0 Å². The molecule has 0 aliphatic carbocycles. The number of ether oxygens (including phenoxy) is 2. The minimum atomic E-state index is -0.326. The van der Waals surface area contributed by atoms with Crippen LogP contribution < -0.4 is 20.8 Å². The minimum absolute atomic E-state index is 0.196. The van der Waals surface area contributed by atoms with Crippen molar-refractivity contribution in [2.45, 2.75) is 67.2 Å². The van der Waals surface area contributed by atoms with E-state index in [1.165, 1.54) is 22.3 Å². The second-order valence-corrected chi connectivity index (χ2v) is 9.28. The van der Waals surface area contributed by atoms with Crippen molar-refractivity contribution >= 4 is 16.6 Å². The lowest BCUT2D eigenvalue weighted by Crippen LogP contribution is -2.14. The first-order chi connectivity index (χ1) is 16.2. The molecule has 1 aromatic heterocycles. The van der Waals surface area contributed by atoms with E-state index >= 15 is 0 Å². The summed E-state index contributed by atoms with van der Waals surface area (Å²) in [4.78, 5) is 15.7. The van der Waals surface area contributed by atoms with Gasteiger partial charge in [-0.3, -0.25) is 4.79 Å². The third-order valence-corrected chi connectivity index (χ3v) is 5.45. The number of H-pyrrole nitrogens is 1. The summed E-state index contributed by atoms with van der Waals surface area (Å²) in [5.74, 6) is 0.643. The first-order valence-corrected chi connectivity index (χ1v) is 12.0. The lowest BCUT2D eigenvalue weighted by molar-refractivity contribution is 0.306. The maximum atomic E-state index is 12.8. The number of nitrogens with one attached hydrogen (secondary N) is 1. The van der Waals surface area contributed by atoms with Crippen molar-refractivity contribution in [3.63, 3.8) is 0 Å². The molecule has 0 unspecified atom stereocenters. The van der Waals surface area contributed by atoms with Gasteiger partial charge in [0.15, 0.2) is 5.75 Å². The fraction of sp³-hybridized carbons (Fsp3) is 0.414. The van der Waals surface area contributed by atoms with Gasteiger partial charge < -0.3 is 20.2 Å². The Labute approximate surface area is 204 Å². The molecule has 2 aromatic rings. The summed E-state index contributed by atoms with van der Waals surface area (Å²) in [6.45, 7) is 13.2. The number of rotatable bonds is 12. The summed E-state index contributed by atoms with van der Waals surface area (Å²) in [5, 5.41) is 0.767. The Morgan fingerprint density at radius 2 is 1.35 bits per heavy atom. The van der Waals surface area contributed by atoms with Gasteiger partial charge in [-0.05, 0) is 97.6 Å². The molecule has 0 atom stereocenters. The zero-order chi connectivity index (χ0) is 25.1. The number of hydrogen-bond donors (Lipinski definition) is 2. The summed E-state index contributed by atoms with van der Waals surface area (Å²) >= 11 is 0. The van der Waals surface area contributed by atoms with E-state index in [1.807, 2.05) is 12.1 Å². The van der Waals surface area contributed by atoms with Crippen LogP contribution in [0.25, 0.3) is 10.9 Å². The monoisotopic (exact) mass is 464 g/mol. The number of nitrogens with two attached hydrogens (primary N) is 1. The molecule has 5 heteroatoms.